The summed E-state index contributed by atoms with van der Waals surface area (Å²) in [5.74, 6) is -0.941. The molecule has 0 bridgehead atoms. The molecule has 1 aliphatic heterocycles. The number of amides is 4. The molecule has 1 heterocycles. The number of rotatable bonds is 6. The Morgan fingerprint density at radius 3 is 2.12 bits per heavy atom. The van der Waals surface area contributed by atoms with E-state index in [2.05, 4.69) is 10.6 Å². The van der Waals surface area contributed by atoms with E-state index in [-0.39, 0.29) is 6.04 Å². The summed E-state index contributed by atoms with van der Waals surface area (Å²) in [6.07, 6.45) is 0. The van der Waals surface area contributed by atoms with Crippen LogP contribution in [0.5, 0.6) is 0 Å². The summed E-state index contributed by atoms with van der Waals surface area (Å²) >= 11 is 6.03. The SMILES string of the molecule is CC(NC(=O)CN1C(=O)NC(c2ccccc2)(c2ccccc2)C1=O)c1cccc(Cl)c1. The van der Waals surface area contributed by atoms with Crippen molar-refractivity contribution in [3.63, 3.8) is 0 Å². The minimum atomic E-state index is -1.39. The number of imide groups is 1. The van der Waals surface area contributed by atoms with Crippen molar-refractivity contribution in [2.75, 3.05) is 6.54 Å². The zero-order chi connectivity index (χ0) is 22.7. The number of benzene rings is 3. The largest absolute Gasteiger partial charge is 0.348 e. The van der Waals surface area contributed by atoms with Crippen molar-refractivity contribution in [2.45, 2.75) is 18.5 Å². The van der Waals surface area contributed by atoms with Gasteiger partial charge in [-0.1, -0.05) is 84.4 Å². The smallest absolute Gasteiger partial charge is 0.326 e. The molecule has 3 aromatic rings. The molecule has 0 saturated carbocycles. The summed E-state index contributed by atoms with van der Waals surface area (Å²) in [5.41, 5.74) is 0.684. The second-order valence-electron chi connectivity index (χ2n) is 7.65. The van der Waals surface area contributed by atoms with Gasteiger partial charge in [-0.05, 0) is 35.7 Å². The van der Waals surface area contributed by atoms with Crippen molar-refractivity contribution >= 4 is 29.4 Å². The summed E-state index contributed by atoms with van der Waals surface area (Å²) in [7, 11) is 0. The van der Waals surface area contributed by atoms with Gasteiger partial charge in [0.05, 0.1) is 6.04 Å². The molecule has 2 N–H and O–H groups in total. The Balaban J connectivity index is 1.59. The molecule has 4 amide bonds. The summed E-state index contributed by atoms with van der Waals surface area (Å²) < 4.78 is 0. The van der Waals surface area contributed by atoms with E-state index in [0.717, 1.165) is 10.5 Å². The standard InChI is InChI=1S/C25H22ClN3O3/c1-17(18-9-8-14-21(26)15-18)27-22(30)16-29-23(31)25(28-24(29)32,19-10-4-2-5-11-19)20-12-6-3-7-13-20/h2-15,17H,16H2,1H3,(H,27,30)(H,28,32). The average molecular weight is 448 g/mol. The zero-order valence-electron chi connectivity index (χ0n) is 17.4. The fourth-order valence-electron chi connectivity index (χ4n) is 3.94. The van der Waals surface area contributed by atoms with Crippen LogP contribution in [0.3, 0.4) is 0 Å². The third-order valence-corrected chi connectivity index (χ3v) is 5.78. The van der Waals surface area contributed by atoms with Crippen LogP contribution in [0.1, 0.15) is 29.7 Å². The van der Waals surface area contributed by atoms with E-state index in [1.165, 1.54) is 0 Å². The van der Waals surface area contributed by atoms with Crippen molar-refractivity contribution < 1.29 is 14.4 Å². The van der Waals surface area contributed by atoms with Gasteiger partial charge in [0.15, 0.2) is 5.54 Å². The number of hydrogen-bond acceptors (Lipinski definition) is 3. The maximum absolute atomic E-state index is 13.6. The van der Waals surface area contributed by atoms with Crippen molar-refractivity contribution in [1.29, 1.82) is 0 Å². The fourth-order valence-corrected chi connectivity index (χ4v) is 4.14. The van der Waals surface area contributed by atoms with E-state index < -0.39 is 29.9 Å². The Labute approximate surface area is 191 Å². The minimum absolute atomic E-state index is 0.338. The Kier molecular flexibility index (Phi) is 5.97. The predicted octanol–water partition coefficient (Wildman–Crippen LogP) is 4.01. The molecule has 0 aromatic heterocycles. The maximum atomic E-state index is 13.6. The maximum Gasteiger partial charge on any atom is 0.326 e. The third kappa shape index (κ3) is 3.97. The molecule has 32 heavy (non-hydrogen) atoms. The summed E-state index contributed by atoms with van der Waals surface area (Å²) in [6, 6.07) is 24.3. The first-order valence-electron chi connectivity index (χ1n) is 10.2. The van der Waals surface area contributed by atoms with Crippen LogP contribution in [-0.2, 0) is 15.1 Å². The summed E-state index contributed by atoms with van der Waals surface area (Å²) in [6.45, 7) is 1.42. The second-order valence-corrected chi connectivity index (χ2v) is 8.08. The second kappa shape index (κ2) is 8.85. The van der Waals surface area contributed by atoms with Crippen LogP contribution in [0.2, 0.25) is 5.02 Å². The van der Waals surface area contributed by atoms with E-state index in [9.17, 15) is 14.4 Å². The number of urea groups is 1. The lowest BCUT2D eigenvalue weighted by Crippen LogP contribution is -2.46. The highest BCUT2D eigenvalue weighted by molar-refractivity contribution is 6.30. The first kappa shape index (κ1) is 21.6. The summed E-state index contributed by atoms with van der Waals surface area (Å²) in [5, 5.41) is 6.23. The molecular weight excluding hydrogens is 426 g/mol. The molecule has 3 aromatic carbocycles. The molecule has 1 aliphatic rings. The number of nitrogens with zero attached hydrogens (tertiary/aromatic N) is 1. The lowest BCUT2D eigenvalue weighted by atomic mass is 9.82. The van der Waals surface area contributed by atoms with Crippen molar-refractivity contribution in [1.82, 2.24) is 15.5 Å². The molecule has 0 radical (unpaired) electrons. The quantitative estimate of drug-likeness (QED) is 0.560. The monoisotopic (exact) mass is 447 g/mol. The van der Waals surface area contributed by atoms with E-state index in [1.807, 2.05) is 49.4 Å². The Morgan fingerprint density at radius 1 is 0.969 bits per heavy atom. The van der Waals surface area contributed by atoms with Gasteiger partial charge in [0.2, 0.25) is 5.91 Å². The number of nitrogens with one attached hydrogen (secondary N) is 2. The van der Waals surface area contributed by atoms with Gasteiger partial charge < -0.3 is 10.6 Å². The molecule has 6 nitrogen and oxygen atoms in total. The number of carbonyl (C=O) groups excluding carboxylic acids is 3. The first-order chi connectivity index (χ1) is 15.4. The zero-order valence-corrected chi connectivity index (χ0v) is 18.2. The molecule has 1 saturated heterocycles. The number of hydrogen-bond donors (Lipinski definition) is 2. The van der Waals surface area contributed by atoms with Crippen LogP contribution < -0.4 is 10.6 Å². The average Bonchev–Trinajstić information content (AvgIpc) is 3.06. The molecule has 7 heteroatoms. The van der Waals surface area contributed by atoms with E-state index in [4.69, 9.17) is 11.6 Å². The van der Waals surface area contributed by atoms with E-state index in [0.29, 0.717) is 16.1 Å². The molecule has 0 spiro atoms. The molecule has 4 rings (SSSR count). The molecule has 1 atom stereocenters. The van der Waals surface area contributed by atoms with Gasteiger partial charge in [-0.2, -0.15) is 0 Å². The van der Waals surface area contributed by atoms with Gasteiger partial charge in [-0.3, -0.25) is 14.5 Å². The molecule has 1 fully saturated rings. The predicted molar refractivity (Wildman–Crippen MR) is 122 cm³/mol. The Bertz CT molecular complexity index is 1110. The van der Waals surface area contributed by atoms with Crippen molar-refractivity contribution in [3.8, 4) is 0 Å². The topological polar surface area (TPSA) is 78.5 Å². The van der Waals surface area contributed by atoms with Gasteiger partial charge in [-0.25, -0.2) is 4.79 Å². The van der Waals surface area contributed by atoms with E-state index >= 15 is 0 Å². The van der Waals surface area contributed by atoms with Crippen LogP contribution in [0.15, 0.2) is 84.9 Å². The highest BCUT2D eigenvalue weighted by atomic mass is 35.5. The van der Waals surface area contributed by atoms with Crippen LogP contribution >= 0.6 is 11.6 Å². The minimum Gasteiger partial charge on any atom is -0.348 e. The lowest BCUT2D eigenvalue weighted by molar-refractivity contribution is -0.134. The van der Waals surface area contributed by atoms with E-state index in [1.54, 1.807) is 42.5 Å². The first-order valence-corrected chi connectivity index (χ1v) is 10.6. The van der Waals surface area contributed by atoms with Crippen LogP contribution in [-0.4, -0.2) is 29.3 Å². The van der Waals surface area contributed by atoms with Gasteiger partial charge in [0.25, 0.3) is 5.91 Å². The van der Waals surface area contributed by atoms with Crippen molar-refractivity contribution in [2.24, 2.45) is 0 Å². The highest BCUT2D eigenvalue weighted by Gasteiger charge is 2.54. The van der Waals surface area contributed by atoms with Crippen molar-refractivity contribution in [3.05, 3.63) is 107 Å². The van der Waals surface area contributed by atoms with Gasteiger partial charge in [0, 0.05) is 5.02 Å². The number of halogens is 1. The van der Waals surface area contributed by atoms with Crippen LogP contribution in [0, 0.1) is 0 Å². The van der Waals surface area contributed by atoms with Gasteiger partial charge in [-0.15, -0.1) is 0 Å². The molecule has 1 unspecified atom stereocenters. The fraction of sp³-hybridized carbons (Fsp3) is 0.160. The molecular formula is C25H22ClN3O3. The van der Waals surface area contributed by atoms with Crippen LogP contribution in [0.4, 0.5) is 4.79 Å². The van der Waals surface area contributed by atoms with Crippen LogP contribution in [0.25, 0.3) is 0 Å². The normalized spacial score (nSPS) is 15.9. The van der Waals surface area contributed by atoms with Gasteiger partial charge in [0.1, 0.15) is 6.54 Å². The molecule has 0 aliphatic carbocycles. The Morgan fingerprint density at radius 2 is 1.56 bits per heavy atom. The van der Waals surface area contributed by atoms with Gasteiger partial charge >= 0.3 is 6.03 Å². The highest BCUT2D eigenvalue weighted by Crippen LogP contribution is 2.35. The third-order valence-electron chi connectivity index (χ3n) is 5.55. The summed E-state index contributed by atoms with van der Waals surface area (Å²) in [4.78, 5) is 40.2. The Hall–Kier alpha value is -3.64. The molecule has 162 valence electrons. The lowest BCUT2D eigenvalue weighted by Gasteiger charge is -2.28. The number of carbonyl (C=O) groups is 3.